The Hall–Kier alpha value is -2.17. The van der Waals surface area contributed by atoms with Crippen LogP contribution in [0, 0.1) is 12.8 Å². The van der Waals surface area contributed by atoms with Crippen LogP contribution >= 0.6 is 23.1 Å². The SMILES string of the molecule is CCC(C)Cc1c(C)sc2nc(SCC(=O)Nc3cccc(S(C)(=O)=O)c3)[nH]c(=O)c12. The minimum atomic E-state index is -3.36. The van der Waals surface area contributed by atoms with Crippen LogP contribution in [0.4, 0.5) is 5.69 Å². The van der Waals surface area contributed by atoms with Crippen LogP contribution in [0.15, 0.2) is 39.1 Å². The number of nitrogens with one attached hydrogen (secondary N) is 2. The molecule has 0 saturated heterocycles. The predicted molar refractivity (Wildman–Crippen MR) is 127 cm³/mol. The Kier molecular flexibility index (Phi) is 7.23. The Morgan fingerprint density at radius 3 is 2.77 bits per heavy atom. The van der Waals surface area contributed by atoms with Crippen molar-refractivity contribution >= 4 is 54.7 Å². The van der Waals surface area contributed by atoms with Gasteiger partial charge in [0.25, 0.3) is 5.56 Å². The lowest BCUT2D eigenvalue weighted by molar-refractivity contribution is -0.113. The number of aromatic amines is 1. The van der Waals surface area contributed by atoms with E-state index >= 15 is 0 Å². The molecule has 0 aliphatic rings. The van der Waals surface area contributed by atoms with E-state index in [1.165, 1.54) is 23.5 Å². The number of thioether (sulfide) groups is 1. The molecule has 7 nitrogen and oxygen atoms in total. The van der Waals surface area contributed by atoms with Crippen molar-refractivity contribution in [2.45, 2.75) is 43.7 Å². The molecular formula is C21H25N3O4S3. The summed E-state index contributed by atoms with van der Waals surface area (Å²) in [6, 6.07) is 6.08. The molecule has 10 heteroatoms. The zero-order chi connectivity index (χ0) is 22.8. The molecule has 0 bridgehead atoms. The number of amides is 1. The minimum absolute atomic E-state index is 0.0294. The molecule has 2 aromatic heterocycles. The van der Waals surface area contributed by atoms with Crippen molar-refractivity contribution in [3.8, 4) is 0 Å². The molecule has 0 radical (unpaired) electrons. The van der Waals surface area contributed by atoms with Crippen LogP contribution < -0.4 is 10.9 Å². The molecule has 3 rings (SSSR count). The third-order valence-electron chi connectivity index (χ3n) is 4.98. The van der Waals surface area contributed by atoms with Gasteiger partial charge in [0.15, 0.2) is 15.0 Å². The standard InChI is InChI=1S/C21H25N3O4S3/c1-5-12(2)9-16-13(3)30-20-18(16)19(26)23-21(24-20)29-11-17(25)22-14-7-6-8-15(10-14)31(4,27)28/h6-8,10,12H,5,9,11H2,1-4H3,(H,22,25)(H,23,24,26). The van der Waals surface area contributed by atoms with Crippen molar-refractivity contribution in [2.24, 2.45) is 5.92 Å². The molecule has 166 valence electrons. The van der Waals surface area contributed by atoms with Gasteiger partial charge in [-0.15, -0.1) is 11.3 Å². The number of hydrogen-bond donors (Lipinski definition) is 2. The van der Waals surface area contributed by atoms with E-state index in [-0.39, 0.29) is 22.1 Å². The molecule has 0 spiro atoms. The van der Waals surface area contributed by atoms with E-state index in [4.69, 9.17) is 0 Å². The Morgan fingerprint density at radius 2 is 2.10 bits per heavy atom. The van der Waals surface area contributed by atoms with Crippen molar-refractivity contribution in [1.82, 2.24) is 9.97 Å². The molecule has 1 amide bonds. The number of hydrogen-bond acceptors (Lipinski definition) is 7. The minimum Gasteiger partial charge on any atom is -0.325 e. The average Bonchev–Trinajstić information content (AvgIpc) is 3.01. The summed E-state index contributed by atoms with van der Waals surface area (Å²) in [5.74, 6) is 0.190. The number of carbonyl (C=O) groups is 1. The van der Waals surface area contributed by atoms with Gasteiger partial charge in [-0.1, -0.05) is 38.1 Å². The first-order chi connectivity index (χ1) is 14.6. The van der Waals surface area contributed by atoms with Gasteiger partial charge in [0.2, 0.25) is 5.91 Å². The van der Waals surface area contributed by atoms with Crippen molar-refractivity contribution in [1.29, 1.82) is 0 Å². The van der Waals surface area contributed by atoms with Gasteiger partial charge in [-0.25, -0.2) is 13.4 Å². The van der Waals surface area contributed by atoms with Gasteiger partial charge in [0.05, 0.1) is 16.0 Å². The maximum Gasteiger partial charge on any atom is 0.260 e. The van der Waals surface area contributed by atoms with Crippen molar-refractivity contribution in [3.63, 3.8) is 0 Å². The Labute approximate surface area is 189 Å². The molecule has 2 N–H and O–H groups in total. The second-order valence-corrected chi connectivity index (χ2v) is 11.7. The highest BCUT2D eigenvalue weighted by Crippen LogP contribution is 2.30. The molecule has 1 aromatic carbocycles. The fourth-order valence-corrected chi connectivity index (χ4v) is 5.54. The number of benzene rings is 1. The second kappa shape index (κ2) is 9.54. The lowest BCUT2D eigenvalue weighted by Crippen LogP contribution is -2.16. The zero-order valence-corrected chi connectivity index (χ0v) is 20.3. The second-order valence-electron chi connectivity index (χ2n) is 7.54. The maximum atomic E-state index is 12.7. The lowest BCUT2D eigenvalue weighted by Gasteiger charge is -2.08. The predicted octanol–water partition coefficient (Wildman–Crippen LogP) is 4.02. The molecule has 3 aromatic rings. The topological polar surface area (TPSA) is 109 Å². The molecule has 0 fully saturated rings. The molecule has 0 aliphatic carbocycles. The first-order valence-corrected chi connectivity index (χ1v) is 13.5. The Bertz CT molecular complexity index is 1280. The van der Waals surface area contributed by atoms with Gasteiger partial charge < -0.3 is 10.3 Å². The number of sulfone groups is 1. The summed E-state index contributed by atoms with van der Waals surface area (Å²) in [6.07, 6.45) is 3.00. The number of aromatic nitrogens is 2. The van der Waals surface area contributed by atoms with Crippen LogP contribution in [0.2, 0.25) is 0 Å². The highest BCUT2D eigenvalue weighted by atomic mass is 32.2. The number of anilines is 1. The quantitative estimate of drug-likeness (QED) is 0.373. The van der Waals surface area contributed by atoms with Crippen molar-refractivity contribution in [2.75, 3.05) is 17.3 Å². The summed E-state index contributed by atoms with van der Waals surface area (Å²) in [5.41, 5.74) is 1.27. The van der Waals surface area contributed by atoms with Crippen LogP contribution in [-0.2, 0) is 21.1 Å². The number of carbonyl (C=O) groups excluding carboxylic acids is 1. The highest BCUT2D eigenvalue weighted by molar-refractivity contribution is 7.99. The number of thiophene rings is 1. The summed E-state index contributed by atoms with van der Waals surface area (Å²) in [5, 5.41) is 3.71. The largest absolute Gasteiger partial charge is 0.325 e. The first-order valence-electron chi connectivity index (χ1n) is 9.83. The smallest absolute Gasteiger partial charge is 0.260 e. The number of aryl methyl sites for hydroxylation is 1. The van der Waals surface area contributed by atoms with E-state index in [0.717, 1.165) is 41.3 Å². The van der Waals surface area contributed by atoms with Gasteiger partial charge in [-0.3, -0.25) is 9.59 Å². The molecule has 2 heterocycles. The van der Waals surface area contributed by atoms with Gasteiger partial charge in [0.1, 0.15) is 4.83 Å². The van der Waals surface area contributed by atoms with Crippen LogP contribution in [0.3, 0.4) is 0 Å². The zero-order valence-electron chi connectivity index (χ0n) is 17.8. The van der Waals surface area contributed by atoms with Gasteiger partial charge in [0, 0.05) is 16.8 Å². The average molecular weight is 480 g/mol. The number of fused-ring (bicyclic) bond motifs is 1. The fourth-order valence-electron chi connectivity index (χ4n) is 3.10. The van der Waals surface area contributed by atoms with Crippen molar-refractivity contribution < 1.29 is 13.2 Å². The molecule has 1 atom stereocenters. The summed E-state index contributed by atoms with van der Waals surface area (Å²) in [6.45, 7) is 6.31. The molecule has 0 saturated carbocycles. The van der Waals surface area contributed by atoms with E-state index in [9.17, 15) is 18.0 Å². The Morgan fingerprint density at radius 1 is 1.35 bits per heavy atom. The van der Waals surface area contributed by atoms with E-state index in [1.54, 1.807) is 12.1 Å². The summed E-state index contributed by atoms with van der Waals surface area (Å²) in [7, 11) is -3.36. The van der Waals surface area contributed by atoms with Crippen LogP contribution in [0.1, 0.15) is 30.7 Å². The van der Waals surface area contributed by atoms with Gasteiger partial charge in [-0.2, -0.15) is 0 Å². The first kappa shape index (κ1) is 23.5. The number of rotatable bonds is 8. The van der Waals surface area contributed by atoms with Crippen LogP contribution in [0.25, 0.3) is 10.2 Å². The van der Waals surface area contributed by atoms with Gasteiger partial charge in [-0.05, 0) is 43.0 Å². The number of nitrogens with zero attached hydrogens (tertiary/aromatic N) is 1. The number of H-pyrrole nitrogens is 1. The van der Waals surface area contributed by atoms with Gasteiger partial charge >= 0.3 is 0 Å². The van der Waals surface area contributed by atoms with Crippen LogP contribution in [-0.4, -0.2) is 36.3 Å². The normalized spacial score (nSPS) is 12.8. The molecular weight excluding hydrogens is 454 g/mol. The summed E-state index contributed by atoms with van der Waals surface area (Å²) >= 11 is 2.63. The summed E-state index contributed by atoms with van der Waals surface area (Å²) in [4.78, 5) is 34.3. The highest BCUT2D eigenvalue weighted by Gasteiger charge is 2.17. The molecule has 0 aliphatic heterocycles. The fraction of sp³-hybridized carbons (Fsp3) is 0.381. The van der Waals surface area contributed by atoms with E-state index in [1.807, 2.05) is 6.92 Å². The maximum absolute atomic E-state index is 12.7. The molecule has 31 heavy (non-hydrogen) atoms. The van der Waals surface area contributed by atoms with Crippen LogP contribution in [0.5, 0.6) is 0 Å². The molecule has 1 unspecified atom stereocenters. The lowest BCUT2D eigenvalue weighted by atomic mass is 9.98. The van der Waals surface area contributed by atoms with E-state index in [2.05, 4.69) is 29.1 Å². The van der Waals surface area contributed by atoms with E-state index < -0.39 is 9.84 Å². The Balaban J connectivity index is 1.73. The summed E-state index contributed by atoms with van der Waals surface area (Å²) < 4.78 is 23.3. The van der Waals surface area contributed by atoms with E-state index in [0.29, 0.717) is 27.0 Å². The van der Waals surface area contributed by atoms with Crippen molar-refractivity contribution in [3.05, 3.63) is 45.1 Å². The monoisotopic (exact) mass is 479 g/mol. The third kappa shape index (κ3) is 5.75. The third-order valence-corrected chi connectivity index (χ3v) is 8.00.